The van der Waals surface area contributed by atoms with Crippen molar-refractivity contribution in [2.75, 3.05) is 98.2 Å². The van der Waals surface area contributed by atoms with Crippen molar-refractivity contribution < 1.29 is 37.9 Å². The van der Waals surface area contributed by atoms with Gasteiger partial charge in [0, 0.05) is 5.69 Å². The summed E-state index contributed by atoms with van der Waals surface area (Å²) < 4.78 is 44.4. The van der Waals surface area contributed by atoms with Crippen LogP contribution in [0.15, 0.2) is 48.5 Å². The van der Waals surface area contributed by atoms with Crippen LogP contribution in [0.3, 0.4) is 0 Å². The van der Waals surface area contributed by atoms with E-state index < -0.39 is 0 Å². The van der Waals surface area contributed by atoms with Crippen LogP contribution in [-0.4, -0.2) is 92.5 Å². The number of benzene rings is 2. The lowest BCUT2D eigenvalue weighted by atomic mass is 10.0. The van der Waals surface area contributed by atoms with Gasteiger partial charge in [-0.2, -0.15) is 0 Å². The molecule has 9 heteroatoms. The van der Waals surface area contributed by atoms with E-state index in [1.807, 2.05) is 12.1 Å². The highest BCUT2D eigenvalue weighted by Crippen LogP contribution is 2.15. The Hall–Kier alpha value is -2.40. The van der Waals surface area contributed by atoms with Crippen molar-refractivity contribution in [1.82, 2.24) is 0 Å². The third-order valence-corrected chi connectivity index (χ3v) is 6.73. The van der Waals surface area contributed by atoms with Gasteiger partial charge in [0.05, 0.1) is 79.3 Å². The number of aryl methyl sites for hydroxylation is 1. The Morgan fingerprint density at radius 2 is 0.750 bits per heavy atom. The van der Waals surface area contributed by atoms with Gasteiger partial charge in [-0.05, 0) is 54.8 Å². The second kappa shape index (κ2) is 28.1. The Morgan fingerprint density at radius 3 is 1.16 bits per heavy atom. The highest BCUT2D eigenvalue weighted by molar-refractivity contribution is 5.41. The van der Waals surface area contributed by atoms with Crippen molar-refractivity contribution in [1.29, 1.82) is 0 Å². The van der Waals surface area contributed by atoms with Gasteiger partial charge < -0.3 is 43.6 Å². The molecule has 0 saturated carbocycles. The number of rotatable bonds is 31. The molecular formula is C35H57NO8. The molecule has 0 unspecified atom stereocenters. The lowest BCUT2D eigenvalue weighted by Crippen LogP contribution is -2.15. The van der Waals surface area contributed by atoms with Crippen LogP contribution >= 0.6 is 0 Å². The molecule has 9 nitrogen and oxygen atoms in total. The maximum atomic E-state index is 5.78. The first-order valence-electron chi connectivity index (χ1n) is 16.4. The van der Waals surface area contributed by atoms with Gasteiger partial charge in [-0.15, -0.1) is 0 Å². The Kier molecular flexibility index (Phi) is 24.1. The van der Waals surface area contributed by atoms with E-state index in [0.29, 0.717) is 98.2 Å². The summed E-state index contributed by atoms with van der Waals surface area (Å²) in [5.74, 6) is 1.67. The second-order valence-electron chi connectivity index (χ2n) is 10.5. The smallest absolute Gasteiger partial charge is 0.119 e. The topological polar surface area (TPSA) is 99.9 Å². The van der Waals surface area contributed by atoms with Gasteiger partial charge in [-0.3, -0.25) is 0 Å². The number of anilines is 1. The van der Waals surface area contributed by atoms with Crippen LogP contribution in [0.4, 0.5) is 5.69 Å². The predicted octanol–water partition coefficient (Wildman–Crippen LogP) is 6.12. The van der Waals surface area contributed by atoms with Crippen LogP contribution in [0.5, 0.6) is 11.5 Å². The summed E-state index contributed by atoms with van der Waals surface area (Å²) >= 11 is 0. The molecule has 0 aliphatic rings. The Balaban J connectivity index is 1.23. The molecule has 0 fully saturated rings. The summed E-state index contributed by atoms with van der Waals surface area (Å²) in [6.07, 6.45) is 10.5. The zero-order chi connectivity index (χ0) is 31.2. The minimum atomic E-state index is 0.483. The number of hydrogen-bond donors (Lipinski definition) is 1. The van der Waals surface area contributed by atoms with Gasteiger partial charge in [-0.1, -0.05) is 57.6 Å². The first kappa shape index (κ1) is 37.8. The van der Waals surface area contributed by atoms with Gasteiger partial charge in [0.15, 0.2) is 0 Å². The molecule has 0 aromatic heterocycles. The second-order valence-corrected chi connectivity index (χ2v) is 10.5. The summed E-state index contributed by atoms with van der Waals surface area (Å²) in [5.41, 5.74) is 7.74. The first-order valence-corrected chi connectivity index (χ1v) is 16.4. The van der Waals surface area contributed by atoms with Crippen LogP contribution in [0, 0.1) is 0 Å². The van der Waals surface area contributed by atoms with E-state index >= 15 is 0 Å². The molecule has 44 heavy (non-hydrogen) atoms. The molecule has 0 aliphatic heterocycles. The first-order chi connectivity index (χ1) is 21.8. The molecule has 0 amide bonds. The van der Waals surface area contributed by atoms with E-state index in [-0.39, 0.29) is 0 Å². The van der Waals surface area contributed by atoms with Gasteiger partial charge in [-0.25, -0.2) is 0 Å². The summed E-state index contributed by atoms with van der Waals surface area (Å²) in [7, 11) is 0. The molecule has 0 radical (unpaired) electrons. The van der Waals surface area contributed by atoms with Crippen LogP contribution in [-0.2, 0) is 34.8 Å². The third kappa shape index (κ3) is 22.2. The minimum absolute atomic E-state index is 0.483. The highest BCUT2D eigenvalue weighted by Gasteiger charge is 1.99. The van der Waals surface area contributed by atoms with E-state index in [2.05, 4.69) is 31.2 Å². The van der Waals surface area contributed by atoms with E-state index in [9.17, 15) is 0 Å². The maximum absolute atomic E-state index is 5.78. The van der Waals surface area contributed by atoms with Crippen LogP contribution < -0.4 is 15.2 Å². The Labute approximate surface area is 265 Å². The molecule has 2 rings (SSSR count). The van der Waals surface area contributed by atoms with E-state index in [1.165, 1.54) is 50.5 Å². The molecule has 0 spiro atoms. The molecule has 0 bridgehead atoms. The number of unbranched alkanes of at least 4 members (excludes halogenated alkanes) is 6. The Bertz CT molecular complexity index is 881. The van der Waals surface area contributed by atoms with E-state index in [0.717, 1.165) is 17.9 Å². The number of ether oxygens (including phenoxy) is 8. The lowest BCUT2D eigenvalue weighted by molar-refractivity contribution is -0.0187. The molecule has 0 saturated heterocycles. The van der Waals surface area contributed by atoms with Crippen LogP contribution in [0.2, 0.25) is 0 Å². The largest absolute Gasteiger partial charge is 0.491 e. The highest BCUT2D eigenvalue weighted by atomic mass is 16.6. The summed E-state index contributed by atoms with van der Waals surface area (Å²) in [4.78, 5) is 0. The standard InChI is InChI=1S/C35H57NO8/c1-2-3-4-5-6-7-8-9-32-10-14-34(15-11-32)43-30-28-41-26-24-39-22-20-37-18-19-38-21-23-40-25-27-42-29-31-44-35-16-12-33(36)13-17-35/h10-17H,2-9,18-31,36H2,1H3. The fourth-order valence-electron chi connectivity index (χ4n) is 4.24. The molecular weight excluding hydrogens is 562 g/mol. The minimum Gasteiger partial charge on any atom is -0.491 e. The molecule has 250 valence electrons. The van der Waals surface area contributed by atoms with Crippen molar-refractivity contribution in [2.45, 2.75) is 58.3 Å². The van der Waals surface area contributed by atoms with Gasteiger partial charge >= 0.3 is 0 Å². The zero-order valence-electron chi connectivity index (χ0n) is 27.0. The quantitative estimate of drug-likeness (QED) is 0.0790. The summed E-state index contributed by atoms with van der Waals surface area (Å²) in [5, 5.41) is 0. The van der Waals surface area contributed by atoms with Crippen LogP contribution in [0.1, 0.15) is 57.4 Å². The van der Waals surface area contributed by atoms with Gasteiger partial charge in [0.1, 0.15) is 24.7 Å². The fraction of sp³-hybridized carbons (Fsp3) is 0.657. The van der Waals surface area contributed by atoms with Crippen molar-refractivity contribution >= 4 is 5.69 Å². The van der Waals surface area contributed by atoms with Crippen molar-refractivity contribution in [2.24, 2.45) is 0 Å². The normalized spacial score (nSPS) is 11.2. The fourth-order valence-corrected chi connectivity index (χ4v) is 4.24. The zero-order valence-corrected chi connectivity index (χ0v) is 27.0. The number of nitrogen functional groups attached to an aromatic ring is 1. The molecule has 0 aliphatic carbocycles. The summed E-state index contributed by atoms with van der Waals surface area (Å²) in [6.45, 7) is 9.54. The number of nitrogens with two attached hydrogens (primary N) is 1. The molecule has 2 N–H and O–H groups in total. The van der Waals surface area contributed by atoms with Gasteiger partial charge in [0.25, 0.3) is 0 Å². The van der Waals surface area contributed by atoms with Gasteiger partial charge in [0.2, 0.25) is 0 Å². The van der Waals surface area contributed by atoms with E-state index in [1.54, 1.807) is 12.1 Å². The van der Waals surface area contributed by atoms with Crippen molar-refractivity contribution in [3.8, 4) is 11.5 Å². The molecule has 0 atom stereocenters. The third-order valence-electron chi connectivity index (χ3n) is 6.73. The Morgan fingerprint density at radius 1 is 0.409 bits per heavy atom. The average Bonchev–Trinajstić information content (AvgIpc) is 3.04. The van der Waals surface area contributed by atoms with Crippen molar-refractivity contribution in [3.63, 3.8) is 0 Å². The molecule has 2 aromatic rings. The monoisotopic (exact) mass is 619 g/mol. The maximum Gasteiger partial charge on any atom is 0.119 e. The van der Waals surface area contributed by atoms with Crippen LogP contribution in [0.25, 0.3) is 0 Å². The molecule has 2 aromatic carbocycles. The SMILES string of the molecule is CCCCCCCCCc1ccc(OCCOCCOCCOCCOCCOCCOCCOc2ccc(N)cc2)cc1. The van der Waals surface area contributed by atoms with Crippen molar-refractivity contribution in [3.05, 3.63) is 54.1 Å². The predicted molar refractivity (Wildman–Crippen MR) is 175 cm³/mol. The molecule has 0 heterocycles. The summed E-state index contributed by atoms with van der Waals surface area (Å²) in [6, 6.07) is 15.7. The lowest BCUT2D eigenvalue weighted by Gasteiger charge is -2.09. The number of hydrogen-bond acceptors (Lipinski definition) is 9. The average molecular weight is 620 g/mol. The van der Waals surface area contributed by atoms with E-state index in [4.69, 9.17) is 43.6 Å².